The van der Waals surface area contributed by atoms with Gasteiger partial charge in [-0.3, -0.25) is 9.78 Å². The second-order valence-corrected chi connectivity index (χ2v) is 8.95. The number of β-amino-alcohol motifs (C(OH)–C–C–N with tert-alkyl or cyclic N) is 1. The summed E-state index contributed by atoms with van der Waals surface area (Å²) in [6, 6.07) is 6.71. The third kappa shape index (κ3) is 4.89. The highest BCUT2D eigenvalue weighted by atomic mass is 19.2. The standard InChI is InChI=1S/C25H27F2N5O3/c1-15(29-17-2-3-20(26)21(27)12-17)19-10-16(25(34)32-5-4-18(33)14-32)11-22-24(19)30-23(13-28-22)31-6-8-35-9-7-31/h2-3,10-13,15,18,29,33H,4-9,14H2,1H3/t15?,18-/m1/s1. The molecule has 10 heteroatoms. The SMILES string of the molecule is CC(Nc1ccc(F)c(F)c1)c1cc(C(=O)N2CC[C@@H](O)C2)cc2ncc(N3CCOCC3)nc12. The highest BCUT2D eigenvalue weighted by Crippen LogP contribution is 2.30. The number of nitrogens with one attached hydrogen (secondary N) is 1. The van der Waals surface area contributed by atoms with Crippen LogP contribution in [0, 0.1) is 11.6 Å². The molecular weight excluding hydrogens is 456 g/mol. The topological polar surface area (TPSA) is 90.8 Å². The smallest absolute Gasteiger partial charge is 0.254 e. The fraction of sp³-hybridized carbons (Fsp3) is 0.400. The highest BCUT2D eigenvalue weighted by Gasteiger charge is 2.27. The molecule has 8 nitrogen and oxygen atoms in total. The average molecular weight is 484 g/mol. The van der Waals surface area contributed by atoms with Gasteiger partial charge in [0, 0.05) is 49.1 Å². The first-order valence-corrected chi connectivity index (χ1v) is 11.7. The maximum atomic E-state index is 13.8. The van der Waals surface area contributed by atoms with Crippen molar-refractivity contribution in [2.45, 2.75) is 25.5 Å². The predicted octanol–water partition coefficient (Wildman–Crippen LogP) is 3.12. The van der Waals surface area contributed by atoms with Gasteiger partial charge in [0.2, 0.25) is 0 Å². The molecule has 2 fully saturated rings. The van der Waals surface area contributed by atoms with Crippen molar-refractivity contribution in [1.82, 2.24) is 14.9 Å². The van der Waals surface area contributed by atoms with Gasteiger partial charge in [-0.05, 0) is 37.6 Å². The zero-order chi connectivity index (χ0) is 24.5. The summed E-state index contributed by atoms with van der Waals surface area (Å²) in [7, 11) is 0. The van der Waals surface area contributed by atoms with Crippen LogP contribution in [0.5, 0.6) is 0 Å². The van der Waals surface area contributed by atoms with Crippen molar-refractivity contribution in [3.8, 4) is 0 Å². The number of amides is 1. The number of likely N-dealkylation sites (tertiary alicyclic amines) is 1. The number of morpholine rings is 1. The molecule has 0 radical (unpaired) electrons. The van der Waals surface area contributed by atoms with Crippen LogP contribution >= 0.6 is 0 Å². The van der Waals surface area contributed by atoms with Crippen molar-refractivity contribution >= 4 is 28.4 Å². The van der Waals surface area contributed by atoms with E-state index in [9.17, 15) is 18.7 Å². The third-order valence-electron chi connectivity index (χ3n) is 6.47. The van der Waals surface area contributed by atoms with Crippen LogP contribution in [0.25, 0.3) is 11.0 Å². The maximum Gasteiger partial charge on any atom is 0.254 e. The number of fused-ring (bicyclic) bond motifs is 1. The Kier molecular flexibility index (Phi) is 6.48. The van der Waals surface area contributed by atoms with Crippen LogP contribution in [0.2, 0.25) is 0 Å². The number of benzene rings is 2. The molecule has 2 saturated heterocycles. The molecule has 35 heavy (non-hydrogen) atoms. The van der Waals surface area contributed by atoms with E-state index < -0.39 is 23.8 Å². The summed E-state index contributed by atoms with van der Waals surface area (Å²) < 4.78 is 32.6. The molecular formula is C25H27F2N5O3. The molecule has 0 bridgehead atoms. The summed E-state index contributed by atoms with van der Waals surface area (Å²) in [6.07, 6.45) is 1.71. The summed E-state index contributed by atoms with van der Waals surface area (Å²) in [5.41, 5.74) is 2.73. The fourth-order valence-corrected chi connectivity index (χ4v) is 4.55. The second kappa shape index (κ2) is 9.71. The number of aromatic nitrogens is 2. The minimum atomic E-state index is -0.946. The van der Waals surface area contributed by atoms with E-state index in [1.807, 2.05) is 6.92 Å². The lowest BCUT2D eigenvalue weighted by Crippen LogP contribution is -2.36. The molecule has 3 aromatic rings. The van der Waals surface area contributed by atoms with Crippen molar-refractivity contribution in [3.05, 3.63) is 59.3 Å². The van der Waals surface area contributed by atoms with Gasteiger partial charge in [0.15, 0.2) is 11.6 Å². The Bertz CT molecular complexity index is 1250. The van der Waals surface area contributed by atoms with Crippen molar-refractivity contribution in [1.29, 1.82) is 0 Å². The van der Waals surface area contributed by atoms with Gasteiger partial charge < -0.3 is 25.0 Å². The van der Waals surface area contributed by atoms with Crippen LogP contribution in [0.4, 0.5) is 20.3 Å². The summed E-state index contributed by atoms with van der Waals surface area (Å²) in [5, 5.41) is 13.1. The lowest BCUT2D eigenvalue weighted by molar-refractivity contribution is 0.0765. The Balaban J connectivity index is 1.54. The molecule has 2 aliphatic heterocycles. The van der Waals surface area contributed by atoms with Gasteiger partial charge in [-0.25, -0.2) is 13.8 Å². The van der Waals surface area contributed by atoms with Gasteiger partial charge in [-0.2, -0.15) is 0 Å². The zero-order valence-electron chi connectivity index (χ0n) is 19.4. The van der Waals surface area contributed by atoms with Crippen molar-refractivity contribution in [3.63, 3.8) is 0 Å². The van der Waals surface area contributed by atoms with Crippen LogP contribution in [0.15, 0.2) is 36.5 Å². The molecule has 0 saturated carbocycles. The summed E-state index contributed by atoms with van der Waals surface area (Å²) in [5.74, 6) is -1.35. The number of rotatable bonds is 5. The minimum absolute atomic E-state index is 0.191. The molecule has 1 aromatic heterocycles. The van der Waals surface area contributed by atoms with Gasteiger partial charge in [-0.1, -0.05) is 0 Å². The second-order valence-electron chi connectivity index (χ2n) is 8.95. The molecule has 184 valence electrons. The van der Waals surface area contributed by atoms with Gasteiger partial charge in [0.1, 0.15) is 5.82 Å². The number of aliphatic hydroxyl groups excluding tert-OH is 1. The number of carbonyl (C=O) groups is 1. The van der Waals surface area contributed by atoms with E-state index in [0.29, 0.717) is 72.9 Å². The lowest BCUT2D eigenvalue weighted by Gasteiger charge is -2.28. The fourth-order valence-electron chi connectivity index (χ4n) is 4.55. The van der Waals surface area contributed by atoms with Crippen molar-refractivity contribution in [2.24, 2.45) is 0 Å². The van der Waals surface area contributed by atoms with Crippen LogP contribution in [0.3, 0.4) is 0 Å². The first kappa shape index (κ1) is 23.4. The molecule has 2 aromatic carbocycles. The Labute approximate surface area is 201 Å². The summed E-state index contributed by atoms with van der Waals surface area (Å²) in [6.45, 7) is 5.25. The van der Waals surface area contributed by atoms with E-state index in [2.05, 4.69) is 15.2 Å². The third-order valence-corrected chi connectivity index (χ3v) is 6.47. The van der Waals surface area contributed by atoms with Gasteiger partial charge in [-0.15, -0.1) is 0 Å². The van der Waals surface area contributed by atoms with Crippen molar-refractivity contribution in [2.75, 3.05) is 49.6 Å². The molecule has 0 aliphatic carbocycles. The molecule has 2 N–H and O–H groups in total. The average Bonchev–Trinajstić information content (AvgIpc) is 3.31. The zero-order valence-corrected chi connectivity index (χ0v) is 19.4. The molecule has 1 amide bonds. The maximum absolute atomic E-state index is 13.8. The van der Waals surface area contributed by atoms with E-state index >= 15 is 0 Å². The Morgan fingerprint density at radius 3 is 2.69 bits per heavy atom. The molecule has 5 rings (SSSR count). The first-order valence-electron chi connectivity index (χ1n) is 11.7. The number of hydrogen-bond acceptors (Lipinski definition) is 7. The molecule has 1 unspecified atom stereocenters. The molecule has 2 atom stereocenters. The number of halogens is 2. The van der Waals surface area contributed by atoms with E-state index in [1.54, 1.807) is 23.2 Å². The van der Waals surface area contributed by atoms with Crippen LogP contribution in [0.1, 0.15) is 35.3 Å². The Morgan fingerprint density at radius 2 is 1.97 bits per heavy atom. The predicted molar refractivity (Wildman–Crippen MR) is 127 cm³/mol. The molecule has 2 aliphatic rings. The number of hydrogen-bond donors (Lipinski definition) is 2. The van der Waals surface area contributed by atoms with Crippen LogP contribution in [-0.4, -0.2) is 71.4 Å². The van der Waals surface area contributed by atoms with E-state index in [-0.39, 0.29) is 12.5 Å². The largest absolute Gasteiger partial charge is 0.391 e. The Hall–Kier alpha value is -3.37. The molecule has 0 spiro atoms. The van der Waals surface area contributed by atoms with E-state index in [4.69, 9.17) is 9.72 Å². The van der Waals surface area contributed by atoms with Gasteiger partial charge >= 0.3 is 0 Å². The number of carbonyl (C=O) groups excluding carboxylic acids is 1. The molecule has 3 heterocycles. The number of ether oxygens (including phenoxy) is 1. The monoisotopic (exact) mass is 483 g/mol. The Morgan fingerprint density at radius 1 is 1.17 bits per heavy atom. The number of anilines is 2. The summed E-state index contributed by atoms with van der Waals surface area (Å²) in [4.78, 5) is 26.4. The highest BCUT2D eigenvalue weighted by molar-refractivity contribution is 5.98. The van der Waals surface area contributed by atoms with Gasteiger partial charge in [0.05, 0.1) is 42.6 Å². The van der Waals surface area contributed by atoms with Crippen molar-refractivity contribution < 1.29 is 23.4 Å². The normalized spacial score (nSPS) is 19.3. The first-order chi connectivity index (χ1) is 16.9. The van der Waals surface area contributed by atoms with Crippen LogP contribution in [-0.2, 0) is 4.74 Å². The number of aliphatic hydroxyl groups is 1. The van der Waals surface area contributed by atoms with Gasteiger partial charge in [0.25, 0.3) is 5.91 Å². The minimum Gasteiger partial charge on any atom is -0.391 e. The lowest BCUT2D eigenvalue weighted by atomic mass is 10.0. The summed E-state index contributed by atoms with van der Waals surface area (Å²) >= 11 is 0. The van der Waals surface area contributed by atoms with E-state index in [1.165, 1.54) is 6.07 Å². The number of nitrogens with zero attached hydrogens (tertiary/aromatic N) is 4. The van der Waals surface area contributed by atoms with E-state index in [0.717, 1.165) is 12.1 Å². The van der Waals surface area contributed by atoms with Crippen LogP contribution < -0.4 is 10.2 Å². The quantitative estimate of drug-likeness (QED) is 0.576.